The number of carbonyl (C=O) groups is 1. The molecule has 3 nitrogen and oxygen atoms in total. The smallest absolute Gasteiger partial charge is 0.293 e. The maximum Gasteiger partial charge on any atom is 0.293 e. The van der Waals surface area contributed by atoms with E-state index in [0.29, 0.717) is 17.9 Å². The molecule has 2 aliphatic carbocycles. The van der Waals surface area contributed by atoms with Gasteiger partial charge < -0.3 is 14.0 Å². The lowest BCUT2D eigenvalue weighted by Gasteiger charge is -2.39. The highest BCUT2D eigenvalue weighted by Gasteiger charge is 2.54. The molecule has 2 bridgehead atoms. The third-order valence-electron chi connectivity index (χ3n) is 6.65. The van der Waals surface area contributed by atoms with Gasteiger partial charge in [-0.3, -0.25) is 0 Å². The first-order chi connectivity index (χ1) is 10.2. The lowest BCUT2D eigenvalue weighted by atomic mass is 9.82. The molecule has 3 aliphatic rings. The van der Waals surface area contributed by atoms with Crippen LogP contribution in [0.25, 0.3) is 0 Å². The minimum atomic E-state index is -1.74. The number of carbonyl (C=O) groups excluding carboxylic acids is 1. The molecule has 0 aromatic heterocycles. The van der Waals surface area contributed by atoms with E-state index in [4.69, 9.17) is 4.43 Å². The third-order valence-corrected chi connectivity index (χ3v) is 11.2. The van der Waals surface area contributed by atoms with E-state index in [-0.39, 0.29) is 5.04 Å². The van der Waals surface area contributed by atoms with E-state index in [2.05, 4.69) is 50.8 Å². The number of rotatable bonds is 5. The fourth-order valence-corrected chi connectivity index (χ4v) is 5.38. The maximum absolute atomic E-state index is 11.0. The van der Waals surface area contributed by atoms with Crippen LogP contribution < -0.4 is 0 Å². The van der Waals surface area contributed by atoms with Crippen molar-refractivity contribution < 1.29 is 9.22 Å². The summed E-state index contributed by atoms with van der Waals surface area (Å²) in [7, 11) is 0.0106. The number of nitrogens with zero attached hydrogens (tertiary/aromatic N) is 1. The van der Waals surface area contributed by atoms with Crippen molar-refractivity contribution in [3.05, 3.63) is 12.2 Å². The van der Waals surface area contributed by atoms with Crippen molar-refractivity contribution in [2.24, 2.45) is 23.7 Å². The van der Waals surface area contributed by atoms with Crippen LogP contribution in [0.4, 0.5) is 0 Å². The molecule has 22 heavy (non-hydrogen) atoms. The number of fused-ring (bicyclic) bond motifs is 5. The van der Waals surface area contributed by atoms with Gasteiger partial charge in [0, 0.05) is 12.6 Å². The van der Waals surface area contributed by atoms with Gasteiger partial charge in [0.1, 0.15) is 0 Å². The van der Waals surface area contributed by atoms with Crippen LogP contribution in [0.3, 0.4) is 0 Å². The molecule has 3 rings (SSSR count). The van der Waals surface area contributed by atoms with Crippen LogP contribution in [0.2, 0.25) is 18.1 Å². The van der Waals surface area contributed by atoms with E-state index in [1.807, 2.05) is 0 Å². The Labute approximate surface area is 136 Å². The monoisotopic (exact) mass is 318 g/mol. The van der Waals surface area contributed by atoms with Gasteiger partial charge in [0.15, 0.2) is 8.32 Å². The Balaban J connectivity index is 1.72. The second-order valence-electron chi connectivity index (χ2n) is 8.81. The summed E-state index contributed by atoms with van der Waals surface area (Å²) in [6.45, 7) is 13.3. The number of hydrogen-bond acceptors (Lipinski definition) is 3. The molecule has 1 saturated carbocycles. The molecule has 0 spiro atoms. The normalized spacial score (nSPS) is 37.6. The Morgan fingerprint density at radius 3 is 2.64 bits per heavy atom. The highest BCUT2D eigenvalue weighted by molar-refractivity contribution is 6.74. The molecule has 1 radical (unpaired) electrons. The number of allylic oxidation sites excluding steroid dienone is 2. The molecular weight excluding hydrogens is 289 g/mol. The molecule has 5 heteroatoms. The summed E-state index contributed by atoms with van der Waals surface area (Å²) in [6.07, 6.45) is 7.08. The van der Waals surface area contributed by atoms with Crippen molar-refractivity contribution in [2.45, 2.75) is 51.4 Å². The van der Waals surface area contributed by atoms with Crippen molar-refractivity contribution in [1.82, 2.24) is 4.81 Å². The standard InChI is InChI=1S/C17H29BNO2Si/c1-17(2,3)22(4,5)21-10-15-16-13-7-6-12(8-13)14(16)9-19(15)18-11-20/h6-7,11-16H,8-10H2,1-5H3. The van der Waals surface area contributed by atoms with Gasteiger partial charge >= 0.3 is 0 Å². The van der Waals surface area contributed by atoms with Gasteiger partial charge in [-0.15, -0.1) is 0 Å². The van der Waals surface area contributed by atoms with E-state index >= 15 is 0 Å². The Morgan fingerprint density at radius 1 is 1.32 bits per heavy atom. The average molecular weight is 318 g/mol. The molecule has 121 valence electrons. The summed E-state index contributed by atoms with van der Waals surface area (Å²) in [6, 6.07) is 0.379. The Kier molecular flexibility index (Phi) is 4.20. The second-order valence-corrected chi connectivity index (χ2v) is 13.6. The molecule has 5 atom stereocenters. The Morgan fingerprint density at radius 2 is 2.00 bits per heavy atom. The zero-order valence-corrected chi connectivity index (χ0v) is 15.6. The molecule has 1 aliphatic heterocycles. The van der Waals surface area contributed by atoms with E-state index in [9.17, 15) is 4.79 Å². The van der Waals surface area contributed by atoms with Gasteiger partial charge in [0.2, 0.25) is 0 Å². The van der Waals surface area contributed by atoms with Crippen molar-refractivity contribution >= 4 is 21.9 Å². The highest BCUT2D eigenvalue weighted by atomic mass is 28.4. The van der Waals surface area contributed by atoms with Crippen LogP contribution in [-0.2, 0) is 9.22 Å². The molecule has 0 aromatic carbocycles. The summed E-state index contributed by atoms with van der Waals surface area (Å²) in [4.78, 5) is 13.3. The first-order valence-corrected chi connectivity index (χ1v) is 11.5. The molecule has 1 saturated heterocycles. The average Bonchev–Trinajstić information content (AvgIpc) is 3.06. The number of hydrogen-bond donors (Lipinski definition) is 0. The van der Waals surface area contributed by atoms with Crippen molar-refractivity contribution in [2.75, 3.05) is 13.2 Å². The van der Waals surface area contributed by atoms with Crippen LogP contribution in [0, 0.1) is 23.7 Å². The largest absolute Gasteiger partial charge is 0.415 e. The molecule has 0 aromatic rings. The van der Waals surface area contributed by atoms with Crippen LogP contribution in [0.15, 0.2) is 12.2 Å². The lowest BCUT2D eigenvalue weighted by molar-refractivity contribution is 0.175. The summed E-state index contributed by atoms with van der Waals surface area (Å²) < 4.78 is 6.51. The minimum Gasteiger partial charge on any atom is -0.415 e. The fourth-order valence-electron chi connectivity index (χ4n) is 4.36. The van der Waals surface area contributed by atoms with E-state index in [1.54, 1.807) is 7.41 Å². The van der Waals surface area contributed by atoms with Crippen LogP contribution in [-0.4, -0.2) is 45.9 Å². The van der Waals surface area contributed by atoms with Crippen LogP contribution in [0.5, 0.6) is 0 Å². The van der Waals surface area contributed by atoms with Gasteiger partial charge in [0.05, 0.1) is 6.19 Å². The Hall–Kier alpha value is -0.388. The van der Waals surface area contributed by atoms with Crippen LogP contribution in [0.1, 0.15) is 27.2 Å². The molecule has 1 heterocycles. The first-order valence-electron chi connectivity index (χ1n) is 8.61. The van der Waals surface area contributed by atoms with E-state index in [0.717, 1.165) is 31.2 Å². The van der Waals surface area contributed by atoms with Crippen molar-refractivity contribution in [3.63, 3.8) is 0 Å². The van der Waals surface area contributed by atoms with E-state index in [1.165, 1.54) is 6.42 Å². The van der Waals surface area contributed by atoms with Crippen molar-refractivity contribution in [3.8, 4) is 0 Å². The lowest BCUT2D eigenvalue weighted by Crippen LogP contribution is -2.47. The summed E-state index contributed by atoms with van der Waals surface area (Å²) in [5.41, 5.74) is 0. The maximum atomic E-state index is 11.0. The van der Waals surface area contributed by atoms with Crippen molar-refractivity contribution in [1.29, 1.82) is 0 Å². The Bertz CT molecular complexity index is 474. The third kappa shape index (κ3) is 2.65. The van der Waals surface area contributed by atoms with Gasteiger partial charge in [-0.2, -0.15) is 0 Å². The van der Waals surface area contributed by atoms with Gasteiger partial charge in [-0.05, 0) is 54.8 Å². The SMILES string of the molecule is CC(C)(C)[Si](C)(C)OCC1C2C3C=CC(C3)C2CN1[B]C=O. The summed E-state index contributed by atoms with van der Waals surface area (Å²) in [5.74, 6) is 2.83. The molecule has 0 amide bonds. The highest BCUT2D eigenvalue weighted by Crippen LogP contribution is 2.54. The predicted molar refractivity (Wildman–Crippen MR) is 93.9 cm³/mol. The molecule has 0 N–H and O–H groups in total. The predicted octanol–water partition coefficient (Wildman–Crippen LogP) is 2.94. The fraction of sp³-hybridized carbons (Fsp3) is 0.824. The molecule has 2 fully saturated rings. The van der Waals surface area contributed by atoms with E-state index < -0.39 is 8.32 Å². The minimum absolute atomic E-state index is 0.235. The zero-order valence-electron chi connectivity index (χ0n) is 14.6. The van der Waals surface area contributed by atoms with Gasteiger partial charge in [-0.1, -0.05) is 32.9 Å². The summed E-state index contributed by atoms with van der Waals surface area (Å²) in [5, 5.41) is 0.235. The quantitative estimate of drug-likeness (QED) is 0.443. The topological polar surface area (TPSA) is 29.5 Å². The zero-order chi connectivity index (χ0) is 16.1. The van der Waals surface area contributed by atoms with Gasteiger partial charge in [0.25, 0.3) is 7.41 Å². The molecular formula is C17H29BNO2Si. The first kappa shape index (κ1) is 16.5. The summed E-state index contributed by atoms with van der Waals surface area (Å²) >= 11 is 0. The van der Waals surface area contributed by atoms with Crippen LogP contribution >= 0.6 is 0 Å². The second kappa shape index (κ2) is 5.60. The molecule has 5 unspecified atom stereocenters. The van der Waals surface area contributed by atoms with Gasteiger partial charge in [-0.25, -0.2) is 0 Å².